The van der Waals surface area contributed by atoms with E-state index < -0.39 is 33.4 Å². The third-order valence-electron chi connectivity index (χ3n) is 8.66. The van der Waals surface area contributed by atoms with E-state index in [0.29, 0.717) is 13.2 Å². The molecule has 1 spiro atoms. The van der Waals surface area contributed by atoms with Crippen LogP contribution in [0.3, 0.4) is 0 Å². The zero-order valence-corrected chi connectivity index (χ0v) is 23.7. The lowest BCUT2D eigenvalue weighted by Crippen LogP contribution is -2.58. The van der Waals surface area contributed by atoms with Crippen LogP contribution in [0, 0.1) is 31.6 Å². The summed E-state index contributed by atoms with van der Waals surface area (Å²) in [6, 6.07) is 4.61. The average Bonchev–Trinajstić information content (AvgIpc) is 3.21. The number of likely N-dealkylation sites (tertiary alicyclic amines) is 1. The first kappa shape index (κ1) is 27.0. The number of esters is 1. The molecular weight excluding hydrogens is 500 g/mol. The maximum atomic E-state index is 14.7. The number of ether oxygens (including phenoxy) is 1. The van der Waals surface area contributed by atoms with Crippen LogP contribution >= 0.6 is 11.8 Å². The number of allylic oxidation sites excluding steroid dienone is 1. The van der Waals surface area contributed by atoms with Gasteiger partial charge in [-0.2, -0.15) is 0 Å². The van der Waals surface area contributed by atoms with Crippen LogP contribution < -0.4 is 4.90 Å². The van der Waals surface area contributed by atoms with E-state index in [0.717, 1.165) is 29.7 Å². The Morgan fingerprint density at radius 3 is 2.58 bits per heavy atom. The highest BCUT2D eigenvalue weighted by Gasteiger charge is 2.74. The minimum atomic E-state index is -0.967. The second kappa shape index (κ2) is 9.87. The number of hydrogen-bond donors (Lipinski definition) is 1. The molecular formula is C30H38N2O5S. The molecule has 1 N–H and O–H groups in total. The highest BCUT2D eigenvalue weighted by atomic mass is 32.2. The van der Waals surface area contributed by atoms with E-state index in [9.17, 15) is 19.5 Å². The first-order valence-electron chi connectivity index (χ1n) is 13.6. The van der Waals surface area contributed by atoms with Crippen LogP contribution in [0.4, 0.5) is 5.69 Å². The van der Waals surface area contributed by atoms with Crippen molar-refractivity contribution in [1.29, 1.82) is 0 Å². The van der Waals surface area contributed by atoms with Crippen LogP contribution in [-0.4, -0.2) is 69.1 Å². The number of carbonyl (C=O) groups is 3. The van der Waals surface area contributed by atoms with Crippen molar-refractivity contribution in [2.75, 3.05) is 24.7 Å². The van der Waals surface area contributed by atoms with Crippen LogP contribution in [0.25, 0.3) is 0 Å². The van der Waals surface area contributed by atoms with Gasteiger partial charge in [0.25, 0.3) is 5.91 Å². The van der Waals surface area contributed by atoms with Gasteiger partial charge in [0, 0.05) is 17.0 Å². The topological polar surface area (TPSA) is 87.2 Å². The average molecular weight is 539 g/mol. The number of amides is 2. The lowest BCUT2D eigenvalue weighted by Gasteiger charge is -2.41. The van der Waals surface area contributed by atoms with Crippen molar-refractivity contribution in [3.8, 4) is 0 Å². The largest absolute Gasteiger partial charge is 0.465 e. The van der Waals surface area contributed by atoms with Crippen LogP contribution in [0.15, 0.2) is 42.5 Å². The number of hydrogen-bond acceptors (Lipinski definition) is 6. The van der Waals surface area contributed by atoms with Crippen molar-refractivity contribution in [2.45, 2.75) is 69.0 Å². The summed E-state index contributed by atoms with van der Waals surface area (Å²) < 4.78 is 4.01. The smallest absolute Gasteiger partial charge is 0.311 e. The molecule has 204 valence electrons. The number of cyclic esters (lactones) is 1. The molecule has 2 fully saturated rings. The van der Waals surface area contributed by atoms with Crippen molar-refractivity contribution in [1.82, 2.24) is 4.90 Å². The van der Waals surface area contributed by atoms with Crippen LogP contribution in [0.5, 0.6) is 0 Å². The summed E-state index contributed by atoms with van der Waals surface area (Å²) >= 11 is 1.54. The summed E-state index contributed by atoms with van der Waals surface area (Å²) in [5.41, 5.74) is 2.83. The summed E-state index contributed by atoms with van der Waals surface area (Å²) in [4.78, 5) is 46.1. The summed E-state index contributed by atoms with van der Waals surface area (Å²) in [5.74, 6) is -2.42. The van der Waals surface area contributed by atoms with Gasteiger partial charge in [-0.1, -0.05) is 50.3 Å². The van der Waals surface area contributed by atoms with Gasteiger partial charge in [-0.05, 0) is 56.7 Å². The standard InChI is InChI=1S/C30H38N2O5S/c1-18(2)22(17-33)32-25-27(35)31(21-16-19(3)10-11-20(21)4)14-9-13-30(25)23(26(32)34)24-28(36)37-15-8-6-7-12-29(24,5)38-30/h7,9-13,16,18,22-25,33H,6,8,14-15,17H2,1-5H3/b12-7-/t22-,23-,24+,25?,29-,30-/m0/s1. The van der Waals surface area contributed by atoms with Gasteiger partial charge in [0.05, 0.1) is 35.8 Å². The summed E-state index contributed by atoms with van der Waals surface area (Å²) in [6.07, 6.45) is 9.63. The Morgan fingerprint density at radius 1 is 1.11 bits per heavy atom. The molecule has 0 radical (unpaired) electrons. The van der Waals surface area contributed by atoms with Crippen molar-refractivity contribution in [3.05, 3.63) is 53.6 Å². The summed E-state index contributed by atoms with van der Waals surface area (Å²) in [5, 5.41) is 10.5. The lowest BCUT2D eigenvalue weighted by molar-refractivity contribution is -0.154. The molecule has 4 aliphatic rings. The third kappa shape index (κ3) is 4.02. The predicted octanol–water partition coefficient (Wildman–Crippen LogP) is 3.80. The lowest BCUT2D eigenvalue weighted by atomic mass is 9.74. The van der Waals surface area contributed by atoms with Crippen LogP contribution in [0.2, 0.25) is 0 Å². The molecule has 0 aliphatic carbocycles. The molecule has 0 bridgehead atoms. The van der Waals surface area contributed by atoms with Crippen LogP contribution in [-0.2, 0) is 19.1 Å². The third-order valence-corrected chi connectivity index (χ3v) is 10.5. The van der Waals surface area contributed by atoms with Gasteiger partial charge in [-0.25, -0.2) is 0 Å². The minimum absolute atomic E-state index is 0.0854. The molecule has 1 unspecified atom stereocenters. The Morgan fingerprint density at radius 2 is 1.87 bits per heavy atom. The molecule has 38 heavy (non-hydrogen) atoms. The quantitative estimate of drug-likeness (QED) is 0.464. The Kier molecular flexibility index (Phi) is 7.01. The Hall–Kier alpha value is -2.58. The maximum Gasteiger partial charge on any atom is 0.311 e. The number of fused-ring (bicyclic) bond motifs is 2. The van der Waals surface area contributed by atoms with E-state index in [1.54, 1.807) is 9.80 Å². The maximum absolute atomic E-state index is 14.7. The Labute approximate surface area is 229 Å². The monoisotopic (exact) mass is 538 g/mol. The Balaban J connectivity index is 1.71. The molecule has 2 saturated heterocycles. The summed E-state index contributed by atoms with van der Waals surface area (Å²) in [7, 11) is 0. The van der Waals surface area contributed by atoms with Crippen LogP contribution in [0.1, 0.15) is 44.7 Å². The number of anilines is 1. The molecule has 0 aromatic heterocycles. The number of nitrogens with zero attached hydrogens (tertiary/aromatic N) is 2. The van der Waals surface area contributed by atoms with E-state index in [4.69, 9.17) is 4.74 Å². The van der Waals surface area contributed by atoms with Gasteiger partial charge in [0.15, 0.2) is 0 Å². The van der Waals surface area contributed by atoms with E-state index in [1.165, 1.54) is 11.8 Å². The first-order valence-corrected chi connectivity index (χ1v) is 14.4. The number of carbonyl (C=O) groups excluding carboxylic acids is 3. The van der Waals surface area contributed by atoms with Crippen molar-refractivity contribution in [2.24, 2.45) is 17.8 Å². The fraction of sp³-hybridized carbons (Fsp3) is 0.567. The molecule has 1 aromatic carbocycles. The van der Waals surface area contributed by atoms with Crippen molar-refractivity contribution in [3.63, 3.8) is 0 Å². The highest BCUT2D eigenvalue weighted by Crippen LogP contribution is 2.65. The van der Waals surface area contributed by atoms with Gasteiger partial charge < -0.3 is 19.6 Å². The van der Waals surface area contributed by atoms with Gasteiger partial charge in [-0.3, -0.25) is 14.4 Å². The van der Waals surface area contributed by atoms with E-state index >= 15 is 0 Å². The minimum Gasteiger partial charge on any atom is -0.465 e. The molecule has 5 rings (SSSR count). The number of aliphatic hydroxyl groups excluding tert-OH is 1. The second-order valence-electron chi connectivity index (χ2n) is 11.6. The molecule has 4 heterocycles. The van der Waals surface area contributed by atoms with Gasteiger partial charge in [0.1, 0.15) is 6.04 Å². The zero-order chi connectivity index (χ0) is 27.4. The molecule has 6 atom stereocenters. The predicted molar refractivity (Wildman–Crippen MR) is 149 cm³/mol. The van der Waals surface area contributed by atoms with Crippen molar-refractivity contribution >= 4 is 35.2 Å². The van der Waals surface area contributed by atoms with Crippen molar-refractivity contribution < 1.29 is 24.2 Å². The number of aliphatic hydroxyl groups is 1. The second-order valence-corrected chi connectivity index (χ2v) is 13.4. The molecule has 0 saturated carbocycles. The zero-order valence-electron chi connectivity index (χ0n) is 22.8. The molecule has 8 heteroatoms. The van der Waals surface area contributed by atoms with E-state index in [-0.39, 0.29) is 30.3 Å². The fourth-order valence-electron chi connectivity index (χ4n) is 6.78. The number of benzene rings is 1. The molecule has 2 amide bonds. The number of aryl methyl sites for hydroxylation is 2. The molecule has 4 aliphatic heterocycles. The number of thioether (sulfide) groups is 1. The van der Waals surface area contributed by atoms with E-state index in [1.807, 2.05) is 71.0 Å². The van der Waals surface area contributed by atoms with Gasteiger partial charge in [0.2, 0.25) is 5.91 Å². The molecule has 1 aromatic rings. The first-order chi connectivity index (χ1) is 18.1. The number of rotatable bonds is 4. The fourth-order valence-corrected chi connectivity index (χ4v) is 8.92. The van der Waals surface area contributed by atoms with E-state index in [2.05, 4.69) is 6.08 Å². The SMILES string of the molecule is Cc1ccc(C)c(N2CC=C[C@]34S[C@@]5(C)/C=C\CCCOC(=O)[C@H]5[C@H]3C(=O)N([C@@H](CO)C(C)C)C4C2=O)c1. The summed E-state index contributed by atoms with van der Waals surface area (Å²) in [6.45, 7) is 10.3. The Bertz CT molecular complexity index is 1210. The highest BCUT2D eigenvalue weighted by molar-refractivity contribution is 8.02. The normalized spacial score (nSPS) is 34.6. The van der Waals surface area contributed by atoms with Gasteiger partial charge >= 0.3 is 5.97 Å². The van der Waals surface area contributed by atoms with Gasteiger partial charge in [-0.15, -0.1) is 11.8 Å². The molecule has 7 nitrogen and oxygen atoms in total.